The molecule has 0 saturated carbocycles. The molecule has 1 aromatic carbocycles. The highest BCUT2D eigenvalue weighted by molar-refractivity contribution is 7.99. The minimum Gasteiger partial charge on any atom is -0.508 e. The van der Waals surface area contributed by atoms with Crippen LogP contribution in [0.3, 0.4) is 0 Å². The molecular weight excluding hydrogens is 236 g/mol. The molecular formula is C11H14N4OS. The Kier molecular flexibility index (Phi) is 3.63. The van der Waals surface area contributed by atoms with Crippen LogP contribution < -0.4 is 0 Å². The van der Waals surface area contributed by atoms with Gasteiger partial charge in [-0.3, -0.25) is 0 Å². The van der Waals surface area contributed by atoms with Gasteiger partial charge in [-0.05, 0) is 41.1 Å². The molecule has 5 nitrogen and oxygen atoms in total. The summed E-state index contributed by atoms with van der Waals surface area (Å²) >= 11 is 1.64. The van der Waals surface area contributed by atoms with Crippen LogP contribution in [0.5, 0.6) is 5.75 Å². The van der Waals surface area contributed by atoms with E-state index >= 15 is 0 Å². The average molecular weight is 250 g/mol. The van der Waals surface area contributed by atoms with Gasteiger partial charge in [0.25, 0.3) is 0 Å². The Bertz CT molecular complexity index is 482. The van der Waals surface area contributed by atoms with Crippen LogP contribution in [0.4, 0.5) is 0 Å². The topological polar surface area (TPSA) is 63.8 Å². The van der Waals surface area contributed by atoms with E-state index < -0.39 is 0 Å². The molecule has 90 valence electrons. The maximum atomic E-state index is 9.24. The van der Waals surface area contributed by atoms with Crippen LogP contribution in [0, 0.1) is 0 Å². The van der Waals surface area contributed by atoms with E-state index in [1.807, 2.05) is 0 Å². The molecule has 17 heavy (non-hydrogen) atoms. The van der Waals surface area contributed by atoms with Gasteiger partial charge in [0.05, 0.1) is 5.69 Å². The smallest absolute Gasteiger partial charge is 0.214 e. The summed E-state index contributed by atoms with van der Waals surface area (Å²) in [6.45, 7) is 4.27. The number of hydrogen-bond donors (Lipinski definition) is 1. The number of aromatic nitrogens is 4. The van der Waals surface area contributed by atoms with E-state index in [4.69, 9.17) is 0 Å². The van der Waals surface area contributed by atoms with Crippen molar-refractivity contribution in [1.29, 1.82) is 0 Å². The van der Waals surface area contributed by atoms with Gasteiger partial charge in [0.2, 0.25) is 5.16 Å². The Morgan fingerprint density at radius 2 is 2.06 bits per heavy atom. The third-order valence-corrected chi connectivity index (χ3v) is 3.62. The van der Waals surface area contributed by atoms with Gasteiger partial charge < -0.3 is 5.11 Å². The van der Waals surface area contributed by atoms with Crippen molar-refractivity contribution in [3.63, 3.8) is 0 Å². The van der Waals surface area contributed by atoms with E-state index in [0.717, 1.165) is 17.3 Å². The third-order valence-electron chi connectivity index (χ3n) is 2.42. The number of aromatic hydroxyl groups is 1. The van der Waals surface area contributed by atoms with Crippen LogP contribution in [-0.4, -0.2) is 30.6 Å². The number of rotatable bonds is 4. The Hall–Kier alpha value is -1.56. The zero-order valence-corrected chi connectivity index (χ0v) is 10.6. The summed E-state index contributed by atoms with van der Waals surface area (Å²) in [5.41, 5.74) is 0.846. The molecule has 0 bridgehead atoms. The number of thioether (sulfide) groups is 1. The first-order valence-electron chi connectivity index (χ1n) is 5.45. The molecule has 1 aromatic heterocycles. The highest BCUT2D eigenvalue weighted by Crippen LogP contribution is 2.24. The van der Waals surface area contributed by atoms with Gasteiger partial charge in [0.1, 0.15) is 5.75 Å². The van der Waals surface area contributed by atoms with Crippen LogP contribution in [0.2, 0.25) is 0 Å². The monoisotopic (exact) mass is 250 g/mol. The molecule has 0 saturated heterocycles. The molecule has 1 heterocycles. The maximum absolute atomic E-state index is 9.24. The largest absolute Gasteiger partial charge is 0.508 e. The zero-order valence-electron chi connectivity index (χ0n) is 9.74. The van der Waals surface area contributed by atoms with Crippen molar-refractivity contribution >= 4 is 11.8 Å². The average Bonchev–Trinajstić information content (AvgIpc) is 2.78. The lowest BCUT2D eigenvalue weighted by molar-refractivity contribution is 0.475. The molecule has 0 radical (unpaired) electrons. The predicted octanol–water partition coefficient (Wildman–Crippen LogP) is 2.26. The fourth-order valence-corrected chi connectivity index (χ4v) is 2.12. The first kappa shape index (κ1) is 11.9. The molecule has 0 fully saturated rings. The van der Waals surface area contributed by atoms with Gasteiger partial charge >= 0.3 is 0 Å². The van der Waals surface area contributed by atoms with Gasteiger partial charge in [-0.1, -0.05) is 25.6 Å². The number of tetrazole rings is 1. The fraction of sp³-hybridized carbons (Fsp3) is 0.364. The van der Waals surface area contributed by atoms with Gasteiger partial charge in [-0.25, -0.2) is 0 Å². The summed E-state index contributed by atoms with van der Waals surface area (Å²) in [6.07, 6.45) is 1.06. The third kappa shape index (κ3) is 2.76. The second-order valence-corrected chi connectivity index (χ2v) is 5.13. The summed E-state index contributed by atoms with van der Waals surface area (Å²) in [6, 6.07) is 6.81. The summed E-state index contributed by atoms with van der Waals surface area (Å²) in [4.78, 5) is 0. The second kappa shape index (κ2) is 5.18. The first-order chi connectivity index (χ1) is 8.20. The van der Waals surface area contributed by atoms with Gasteiger partial charge in [0, 0.05) is 5.25 Å². The highest BCUT2D eigenvalue weighted by Gasteiger charge is 2.11. The SMILES string of the molecule is CCC(C)Sc1nnnn1-c1ccc(O)cc1. The molecule has 2 rings (SSSR count). The Labute approximate surface area is 104 Å². The zero-order chi connectivity index (χ0) is 12.3. The van der Waals surface area contributed by atoms with Gasteiger partial charge in [0.15, 0.2) is 0 Å². The molecule has 0 spiro atoms. The Balaban J connectivity index is 2.27. The summed E-state index contributed by atoms with van der Waals surface area (Å²) in [5.74, 6) is 0.234. The molecule has 0 aliphatic carbocycles. The van der Waals surface area contributed by atoms with E-state index in [9.17, 15) is 5.11 Å². The molecule has 2 aromatic rings. The molecule has 0 amide bonds. The number of phenols is 1. The quantitative estimate of drug-likeness (QED) is 0.843. The maximum Gasteiger partial charge on any atom is 0.214 e. The van der Waals surface area contributed by atoms with E-state index in [2.05, 4.69) is 29.4 Å². The Morgan fingerprint density at radius 1 is 1.35 bits per heavy atom. The van der Waals surface area contributed by atoms with E-state index in [1.165, 1.54) is 0 Å². The lowest BCUT2D eigenvalue weighted by Crippen LogP contribution is -2.01. The van der Waals surface area contributed by atoms with Crippen molar-refractivity contribution in [2.24, 2.45) is 0 Å². The van der Waals surface area contributed by atoms with Crippen LogP contribution in [0.15, 0.2) is 29.4 Å². The van der Waals surface area contributed by atoms with Crippen molar-refractivity contribution in [2.45, 2.75) is 30.7 Å². The molecule has 1 unspecified atom stereocenters. The van der Waals surface area contributed by atoms with Crippen LogP contribution in [-0.2, 0) is 0 Å². The van der Waals surface area contributed by atoms with Crippen LogP contribution >= 0.6 is 11.8 Å². The lowest BCUT2D eigenvalue weighted by Gasteiger charge is -2.07. The standard InChI is InChI=1S/C11H14N4OS/c1-3-8(2)17-11-12-13-14-15(11)9-4-6-10(16)7-5-9/h4-8,16H,3H2,1-2H3. The molecule has 1 atom stereocenters. The lowest BCUT2D eigenvalue weighted by atomic mass is 10.3. The van der Waals surface area contributed by atoms with Gasteiger partial charge in [-0.2, -0.15) is 4.68 Å². The minimum absolute atomic E-state index is 0.234. The van der Waals surface area contributed by atoms with Crippen molar-refractivity contribution < 1.29 is 5.11 Å². The summed E-state index contributed by atoms with van der Waals surface area (Å²) < 4.78 is 1.68. The van der Waals surface area contributed by atoms with E-state index in [0.29, 0.717) is 5.25 Å². The number of hydrogen-bond acceptors (Lipinski definition) is 5. The minimum atomic E-state index is 0.234. The van der Waals surface area contributed by atoms with Crippen molar-refractivity contribution in [1.82, 2.24) is 20.2 Å². The molecule has 0 aliphatic rings. The fourth-order valence-electron chi connectivity index (χ4n) is 1.27. The second-order valence-electron chi connectivity index (χ2n) is 3.73. The molecule has 6 heteroatoms. The number of nitrogens with zero attached hydrogens (tertiary/aromatic N) is 4. The van der Waals surface area contributed by atoms with Crippen LogP contribution in [0.1, 0.15) is 20.3 Å². The van der Waals surface area contributed by atoms with Gasteiger partial charge in [-0.15, -0.1) is 5.10 Å². The van der Waals surface area contributed by atoms with E-state index in [1.54, 1.807) is 40.7 Å². The summed E-state index contributed by atoms with van der Waals surface area (Å²) in [5, 5.41) is 22.1. The highest BCUT2D eigenvalue weighted by atomic mass is 32.2. The number of phenolic OH excluding ortho intramolecular Hbond substituents is 1. The summed E-state index contributed by atoms with van der Waals surface area (Å²) in [7, 11) is 0. The molecule has 1 N–H and O–H groups in total. The Morgan fingerprint density at radius 3 is 2.71 bits per heavy atom. The van der Waals surface area contributed by atoms with E-state index in [-0.39, 0.29) is 5.75 Å². The number of benzene rings is 1. The first-order valence-corrected chi connectivity index (χ1v) is 6.33. The van der Waals surface area contributed by atoms with Crippen molar-refractivity contribution in [3.05, 3.63) is 24.3 Å². The predicted molar refractivity (Wildman–Crippen MR) is 66.4 cm³/mol. The van der Waals surface area contributed by atoms with Crippen molar-refractivity contribution in [2.75, 3.05) is 0 Å². The van der Waals surface area contributed by atoms with Crippen molar-refractivity contribution in [3.8, 4) is 11.4 Å². The molecule has 0 aliphatic heterocycles. The van der Waals surface area contributed by atoms with Crippen LogP contribution in [0.25, 0.3) is 5.69 Å². The normalized spacial score (nSPS) is 12.6.